The number of nitrogens with one attached hydrogen (secondary N) is 1. The lowest BCUT2D eigenvalue weighted by Crippen LogP contribution is -2.45. The zero-order valence-electron chi connectivity index (χ0n) is 8.47. The van der Waals surface area contributed by atoms with Crippen LogP contribution in [0.5, 0.6) is 5.75 Å². The van der Waals surface area contributed by atoms with E-state index in [-0.39, 0.29) is 0 Å². The van der Waals surface area contributed by atoms with Crippen molar-refractivity contribution in [3.8, 4) is 5.75 Å². The number of rotatable bonds is 3. The van der Waals surface area contributed by atoms with Crippen molar-refractivity contribution in [2.75, 3.05) is 7.05 Å². The van der Waals surface area contributed by atoms with Gasteiger partial charge in [0.2, 0.25) is 0 Å². The molecular weight excluding hydrogens is 322 g/mol. The fourth-order valence-corrected chi connectivity index (χ4v) is 2.79. The average molecular weight is 335 g/mol. The minimum Gasteiger partial charge on any atom is -0.489 e. The standard InChI is InChI=1S/C11H13Br2NO/c1-14-8-5-9(6-8)15-11-3-2-7(12)4-10(11)13/h2-4,8-9,14H,5-6H2,1H3. The highest BCUT2D eigenvalue weighted by atomic mass is 79.9. The second kappa shape index (κ2) is 4.85. The molecule has 1 aromatic carbocycles. The summed E-state index contributed by atoms with van der Waals surface area (Å²) in [4.78, 5) is 0. The lowest BCUT2D eigenvalue weighted by Gasteiger charge is -2.35. The molecule has 1 fully saturated rings. The highest BCUT2D eigenvalue weighted by Gasteiger charge is 2.29. The third-order valence-electron chi connectivity index (χ3n) is 2.69. The molecule has 0 bridgehead atoms. The summed E-state index contributed by atoms with van der Waals surface area (Å²) in [6.07, 6.45) is 2.55. The first kappa shape index (κ1) is 11.4. The van der Waals surface area contributed by atoms with Crippen LogP contribution in [0.4, 0.5) is 0 Å². The zero-order chi connectivity index (χ0) is 10.8. The van der Waals surface area contributed by atoms with Gasteiger partial charge in [0, 0.05) is 10.5 Å². The molecule has 0 heterocycles. The minimum atomic E-state index is 0.361. The van der Waals surface area contributed by atoms with Gasteiger partial charge < -0.3 is 10.1 Å². The first-order chi connectivity index (χ1) is 7.19. The Morgan fingerprint density at radius 2 is 2.07 bits per heavy atom. The van der Waals surface area contributed by atoms with Crippen LogP contribution >= 0.6 is 31.9 Å². The molecule has 1 aliphatic carbocycles. The molecule has 0 aliphatic heterocycles. The Morgan fingerprint density at radius 3 is 2.67 bits per heavy atom. The summed E-state index contributed by atoms with van der Waals surface area (Å²) in [5.74, 6) is 0.928. The van der Waals surface area contributed by atoms with Crippen LogP contribution in [0.2, 0.25) is 0 Å². The summed E-state index contributed by atoms with van der Waals surface area (Å²) >= 11 is 6.91. The van der Waals surface area contributed by atoms with Gasteiger partial charge in [0.05, 0.1) is 4.47 Å². The lowest BCUT2D eigenvalue weighted by molar-refractivity contribution is 0.0877. The van der Waals surface area contributed by atoms with Crippen LogP contribution in [0.15, 0.2) is 27.1 Å². The molecule has 0 spiro atoms. The summed E-state index contributed by atoms with van der Waals surface area (Å²) in [5.41, 5.74) is 0. The van der Waals surface area contributed by atoms with Gasteiger partial charge in [-0.05, 0) is 54.0 Å². The Balaban J connectivity index is 1.94. The Labute approximate surface area is 107 Å². The Bertz CT molecular complexity index is 350. The van der Waals surface area contributed by atoms with Crippen molar-refractivity contribution in [3.63, 3.8) is 0 Å². The number of hydrogen-bond donors (Lipinski definition) is 1. The van der Waals surface area contributed by atoms with E-state index in [4.69, 9.17) is 4.74 Å². The van der Waals surface area contributed by atoms with Crippen LogP contribution in [0.25, 0.3) is 0 Å². The Kier molecular flexibility index (Phi) is 3.69. The van der Waals surface area contributed by atoms with E-state index in [1.165, 1.54) is 0 Å². The minimum absolute atomic E-state index is 0.361. The van der Waals surface area contributed by atoms with Crippen LogP contribution in [0.3, 0.4) is 0 Å². The molecule has 1 N–H and O–H groups in total. The molecule has 1 saturated carbocycles. The van der Waals surface area contributed by atoms with E-state index in [2.05, 4.69) is 37.2 Å². The summed E-state index contributed by atoms with van der Waals surface area (Å²) in [7, 11) is 2.00. The van der Waals surface area contributed by atoms with Gasteiger partial charge in [0.1, 0.15) is 11.9 Å². The maximum atomic E-state index is 5.86. The number of benzene rings is 1. The van der Waals surface area contributed by atoms with E-state index in [0.29, 0.717) is 12.1 Å². The molecule has 2 nitrogen and oxygen atoms in total. The molecule has 0 radical (unpaired) electrons. The largest absolute Gasteiger partial charge is 0.489 e. The number of hydrogen-bond acceptors (Lipinski definition) is 2. The lowest BCUT2D eigenvalue weighted by atomic mass is 9.89. The van der Waals surface area contributed by atoms with Crippen LogP contribution in [0.1, 0.15) is 12.8 Å². The fourth-order valence-electron chi connectivity index (χ4n) is 1.65. The molecule has 2 rings (SSSR count). The van der Waals surface area contributed by atoms with Gasteiger partial charge in [-0.15, -0.1) is 0 Å². The van der Waals surface area contributed by atoms with Crippen molar-refractivity contribution in [2.45, 2.75) is 25.0 Å². The molecule has 0 saturated heterocycles. The number of halogens is 2. The number of ether oxygens (including phenoxy) is 1. The summed E-state index contributed by atoms with van der Waals surface area (Å²) in [6, 6.07) is 6.61. The Morgan fingerprint density at radius 1 is 1.33 bits per heavy atom. The van der Waals surface area contributed by atoms with Crippen LogP contribution in [-0.4, -0.2) is 19.2 Å². The van der Waals surface area contributed by atoms with Gasteiger partial charge in [-0.3, -0.25) is 0 Å². The average Bonchev–Trinajstić information content (AvgIpc) is 2.13. The second-order valence-electron chi connectivity index (χ2n) is 3.77. The molecule has 0 amide bonds. The van der Waals surface area contributed by atoms with Gasteiger partial charge in [0.15, 0.2) is 0 Å². The molecule has 4 heteroatoms. The molecule has 0 aromatic heterocycles. The van der Waals surface area contributed by atoms with Gasteiger partial charge >= 0.3 is 0 Å². The third kappa shape index (κ3) is 2.74. The van der Waals surface area contributed by atoms with E-state index < -0.39 is 0 Å². The first-order valence-corrected chi connectivity index (χ1v) is 6.56. The third-order valence-corrected chi connectivity index (χ3v) is 3.80. The highest BCUT2D eigenvalue weighted by Crippen LogP contribution is 2.32. The van der Waals surface area contributed by atoms with Crippen LogP contribution in [0, 0.1) is 0 Å². The molecule has 0 unspecified atom stereocenters. The van der Waals surface area contributed by atoms with E-state index in [9.17, 15) is 0 Å². The maximum absolute atomic E-state index is 5.86. The van der Waals surface area contributed by atoms with E-state index in [0.717, 1.165) is 27.5 Å². The zero-order valence-corrected chi connectivity index (χ0v) is 11.6. The van der Waals surface area contributed by atoms with Crippen molar-refractivity contribution >= 4 is 31.9 Å². The maximum Gasteiger partial charge on any atom is 0.133 e. The fraction of sp³-hybridized carbons (Fsp3) is 0.455. The van der Waals surface area contributed by atoms with Gasteiger partial charge in [0.25, 0.3) is 0 Å². The van der Waals surface area contributed by atoms with Gasteiger partial charge in [-0.1, -0.05) is 15.9 Å². The van der Waals surface area contributed by atoms with Gasteiger partial charge in [-0.2, -0.15) is 0 Å². The normalized spacial score (nSPS) is 24.7. The van der Waals surface area contributed by atoms with Crippen molar-refractivity contribution in [3.05, 3.63) is 27.1 Å². The Hall–Kier alpha value is -0.0600. The predicted octanol–water partition coefficient (Wildman–Crippen LogP) is 3.34. The van der Waals surface area contributed by atoms with Crippen LogP contribution < -0.4 is 10.1 Å². The van der Waals surface area contributed by atoms with Crippen molar-refractivity contribution in [1.82, 2.24) is 5.32 Å². The summed E-state index contributed by atoms with van der Waals surface area (Å²) < 4.78 is 7.92. The molecule has 1 aromatic rings. The highest BCUT2D eigenvalue weighted by molar-refractivity contribution is 9.11. The smallest absolute Gasteiger partial charge is 0.133 e. The summed E-state index contributed by atoms with van der Waals surface area (Å²) in [6.45, 7) is 0. The van der Waals surface area contributed by atoms with E-state index in [1.54, 1.807) is 0 Å². The monoisotopic (exact) mass is 333 g/mol. The molecule has 1 aliphatic rings. The van der Waals surface area contributed by atoms with Crippen molar-refractivity contribution in [1.29, 1.82) is 0 Å². The molecule has 82 valence electrons. The van der Waals surface area contributed by atoms with E-state index >= 15 is 0 Å². The second-order valence-corrected chi connectivity index (χ2v) is 5.54. The quantitative estimate of drug-likeness (QED) is 0.915. The molecule has 0 atom stereocenters. The predicted molar refractivity (Wildman–Crippen MR) is 68.3 cm³/mol. The molecule has 15 heavy (non-hydrogen) atoms. The molecular formula is C11H13Br2NO. The summed E-state index contributed by atoms with van der Waals surface area (Å²) in [5, 5.41) is 3.24. The topological polar surface area (TPSA) is 21.3 Å². The van der Waals surface area contributed by atoms with Gasteiger partial charge in [-0.25, -0.2) is 0 Å². The van der Waals surface area contributed by atoms with Crippen molar-refractivity contribution < 1.29 is 4.74 Å². The van der Waals surface area contributed by atoms with Crippen molar-refractivity contribution in [2.24, 2.45) is 0 Å². The van der Waals surface area contributed by atoms with Crippen LogP contribution in [-0.2, 0) is 0 Å². The van der Waals surface area contributed by atoms with E-state index in [1.807, 2.05) is 25.2 Å². The first-order valence-electron chi connectivity index (χ1n) is 4.98. The SMILES string of the molecule is CNC1CC(Oc2ccc(Br)cc2Br)C1.